The Morgan fingerprint density at radius 1 is 1.29 bits per heavy atom. The Kier molecular flexibility index (Phi) is 4.63. The van der Waals surface area contributed by atoms with Crippen molar-refractivity contribution in [1.29, 1.82) is 0 Å². The van der Waals surface area contributed by atoms with Crippen molar-refractivity contribution in [1.82, 2.24) is 10.2 Å². The molecular weight excluding hydrogens is 223 g/mol. The van der Waals surface area contributed by atoms with E-state index in [9.17, 15) is 14.0 Å². The van der Waals surface area contributed by atoms with E-state index in [-0.39, 0.29) is 24.4 Å². The Morgan fingerprint density at radius 2 is 1.94 bits per heavy atom. The third-order valence-electron chi connectivity index (χ3n) is 2.24. The normalized spacial score (nSPS) is 9.82. The SMILES string of the molecule is CN(C)C(=O)CCNC(=O)c1ccccc1F. The number of halogens is 1. The molecule has 17 heavy (non-hydrogen) atoms. The molecular formula is C12H15FN2O2. The van der Waals surface area contributed by atoms with Gasteiger partial charge in [0, 0.05) is 27.1 Å². The maximum Gasteiger partial charge on any atom is 0.254 e. The second-order valence-electron chi connectivity index (χ2n) is 3.77. The lowest BCUT2D eigenvalue weighted by molar-refractivity contribution is -0.128. The third-order valence-corrected chi connectivity index (χ3v) is 2.24. The number of hydrogen-bond acceptors (Lipinski definition) is 2. The number of hydrogen-bond donors (Lipinski definition) is 1. The minimum absolute atomic E-state index is 0.00944. The predicted molar refractivity (Wildman–Crippen MR) is 62.0 cm³/mol. The highest BCUT2D eigenvalue weighted by atomic mass is 19.1. The summed E-state index contributed by atoms with van der Waals surface area (Å²) in [6.07, 6.45) is 0.202. The number of nitrogens with one attached hydrogen (secondary N) is 1. The summed E-state index contributed by atoms with van der Waals surface area (Å²) in [7, 11) is 3.28. The second kappa shape index (κ2) is 5.98. The van der Waals surface area contributed by atoms with E-state index in [2.05, 4.69) is 5.32 Å². The summed E-state index contributed by atoms with van der Waals surface area (Å²) in [6, 6.07) is 5.73. The van der Waals surface area contributed by atoms with Gasteiger partial charge in [-0.15, -0.1) is 0 Å². The second-order valence-corrected chi connectivity index (χ2v) is 3.77. The number of amides is 2. The van der Waals surface area contributed by atoms with Gasteiger partial charge in [-0.2, -0.15) is 0 Å². The first-order chi connectivity index (χ1) is 8.02. The number of benzene rings is 1. The third kappa shape index (κ3) is 3.86. The van der Waals surface area contributed by atoms with Crippen molar-refractivity contribution < 1.29 is 14.0 Å². The largest absolute Gasteiger partial charge is 0.351 e. The molecule has 0 bridgehead atoms. The van der Waals surface area contributed by atoms with E-state index in [1.165, 1.54) is 23.1 Å². The van der Waals surface area contributed by atoms with Crippen LogP contribution in [-0.2, 0) is 4.79 Å². The van der Waals surface area contributed by atoms with Crippen molar-refractivity contribution in [2.45, 2.75) is 6.42 Å². The van der Waals surface area contributed by atoms with Crippen LogP contribution in [0.3, 0.4) is 0 Å². The topological polar surface area (TPSA) is 49.4 Å². The van der Waals surface area contributed by atoms with Gasteiger partial charge in [0.1, 0.15) is 5.82 Å². The molecule has 1 aromatic rings. The zero-order valence-electron chi connectivity index (χ0n) is 9.87. The molecule has 1 rings (SSSR count). The predicted octanol–water partition coefficient (Wildman–Crippen LogP) is 1.03. The van der Waals surface area contributed by atoms with Gasteiger partial charge in [0.25, 0.3) is 5.91 Å². The van der Waals surface area contributed by atoms with Crippen molar-refractivity contribution >= 4 is 11.8 Å². The molecule has 0 heterocycles. The van der Waals surface area contributed by atoms with Gasteiger partial charge in [0.05, 0.1) is 5.56 Å². The Balaban J connectivity index is 2.46. The van der Waals surface area contributed by atoms with E-state index in [0.29, 0.717) is 0 Å². The van der Waals surface area contributed by atoms with Crippen molar-refractivity contribution in [3.05, 3.63) is 35.6 Å². The summed E-state index contributed by atoms with van der Waals surface area (Å²) in [5, 5.41) is 2.50. The van der Waals surface area contributed by atoms with Crippen LogP contribution in [0.25, 0.3) is 0 Å². The molecule has 0 saturated carbocycles. The van der Waals surface area contributed by atoms with Crippen LogP contribution in [0.4, 0.5) is 4.39 Å². The zero-order valence-corrected chi connectivity index (χ0v) is 9.87. The highest BCUT2D eigenvalue weighted by Crippen LogP contribution is 2.05. The molecule has 0 aromatic heterocycles. The first-order valence-corrected chi connectivity index (χ1v) is 5.25. The van der Waals surface area contributed by atoms with Gasteiger partial charge in [0.2, 0.25) is 5.91 Å². The van der Waals surface area contributed by atoms with Gasteiger partial charge in [-0.3, -0.25) is 9.59 Å². The zero-order chi connectivity index (χ0) is 12.8. The summed E-state index contributed by atoms with van der Waals surface area (Å²) in [5.41, 5.74) is -0.00944. The van der Waals surface area contributed by atoms with Crippen LogP contribution in [0.15, 0.2) is 24.3 Å². The highest BCUT2D eigenvalue weighted by molar-refractivity contribution is 5.94. The van der Waals surface area contributed by atoms with Gasteiger partial charge in [0.15, 0.2) is 0 Å². The number of rotatable bonds is 4. The lowest BCUT2D eigenvalue weighted by atomic mass is 10.2. The van der Waals surface area contributed by atoms with Gasteiger partial charge in [-0.05, 0) is 12.1 Å². The summed E-state index contributed by atoms with van der Waals surface area (Å²) >= 11 is 0. The van der Waals surface area contributed by atoms with Gasteiger partial charge in [-0.1, -0.05) is 12.1 Å². The van der Waals surface area contributed by atoms with E-state index < -0.39 is 11.7 Å². The fraction of sp³-hybridized carbons (Fsp3) is 0.333. The van der Waals surface area contributed by atoms with Gasteiger partial charge < -0.3 is 10.2 Å². The highest BCUT2D eigenvalue weighted by Gasteiger charge is 2.11. The van der Waals surface area contributed by atoms with E-state index in [1.54, 1.807) is 20.2 Å². The van der Waals surface area contributed by atoms with Crippen LogP contribution in [0, 0.1) is 5.82 Å². The average molecular weight is 238 g/mol. The molecule has 5 heteroatoms. The first-order valence-electron chi connectivity index (χ1n) is 5.25. The molecule has 0 saturated heterocycles. The minimum atomic E-state index is -0.566. The standard InChI is InChI=1S/C12H15FN2O2/c1-15(2)11(16)7-8-14-12(17)9-5-3-4-6-10(9)13/h3-6H,7-8H2,1-2H3,(H,14,17). The smallest absolute Gasteiger partial charge is 0.254 e. The summed E-state index contributed by atoms with van der Waals surface area (Å²) in [4.78, 5) is 24.2. The van der Waals surface area contributed by atoms with Crippen LogP contribution < -0.4 is 5.32 Å². The minimum Gasteiger partial charge on any atom is -0.351 e. The lowest BCUT2D eigenvalue weighted by Crippen LogP contribution is -2.30. The maximum atomic E-state index is 13.2. The first kappa shape index (κ1) is 13.2. The quantitative estimate of drug-likeness (QED) is 0.851. The molecule has 1 N–H and O–H groups in total. The molecule has 0 aliphatic carbocycles. The Hall–Kier alpha value is -1.91. The molecule has 1 aromatic carbocycles. The van der Waals surface area contributed by atoms with Crippen LogP contribution >= 0.6 is 0 Å². The molecule has 0 atom stereocenters. The fourth-order valence-corrected chi connectivity index (χ4v) is 1.25. The van der Waals surface area contributed by atoms with E-state index in [0.717, 1.165) is 0 Å². The summed E-state index contributed by atoms with van der Waals surface area (Å²) in [6.45, 7) is 0.199. The van der Waals surface area contributed by atoms with Crippen molar-refractivity contribution in [2.75, 3.05) is 20.6 Å². The monoisotopic (exact) mass is 238 g/mol. The van der Waals surface area contributed by atoms with E-state index in [4.69, 9.17) is 0 Å². The maximum absolute atomic E-state index is 13.2. The molecule has 0 aliphatic rings. The molecule has 0 aliphatic heterocycles. The molecule has 4 nitrogen and oxygen atoms in total. The van der Waals surface area contributed by atoms with Crippen LogP contribution in [0.1, 0.15) is 16.8 Å². The number of nitrogens with zero attached hydrogens (tertiary/aromatic N) is 1. The van der Waals surface area contributed by atoms with Crippen molar-refractivity contribution in [2.24, 2.45) is 0 Å². The van der Waals surface area contributed by atoms with Crippen molar-refractivity contribution in [3.8, 4) is 0 Å². The summed E-state index contributed by atoms with van der Waals surface area (Å²) in [5.74, 6) is -1.16. The number of carbonyl (C=O) groups excluding carboxylic acids is 2. The van der Waals surface area contributed by atoms with E-state index >= 15 is 0 Å². The lowest BCUT2D eigenvalue weighted by Gasteiger charge is -2.10. The Bertz CT molecular complexity index is 419. The molecule has 0 fully saturated rings. The van der Waals surface area contributed by atoms with Gasteiger partial charge >= 0.3 is 0 Å². The average Bonchev–Trinajstić information content (AvgIpc) is 2.29. The molecule has 0 spiro atoms. The Labute approximate surface area is 99.4 Å². The molecule has 92 valence electrons. The summed E-state index contributed by atoms with van der Waals surface area (Å²) < 4.78 is 13.2. The van der Waals surface area contributed by atoms with E-state index in [1.807, 2.05) is 0 Å². The molecule has 0 unspecified atom stereocenters. The fourth-order valence-electron chi connectivity index (χ4n) is 1.25. The van der Waals surface area contributed by atoms with Crippen LogP contribution in [0.5, 0.6) is 0 Å². The Morgan fingerprint density at radius 3 is 2.53 bits per heavy atom. The van der Waals surface area contributed by atoms with Gasteiger partial charge in [-0.25, -0.2) is 4.39 Å². The molecule has 0 radical (unpaired) electrons. The van der Waals surface area contributed by atoms with Crippen LogP contribution in [0.2, 0.25) is 0 Å². The van der Waals surface area contributed by atoms with Crippen LogP contribution in [-0.4, -0.2) is 37.4 Å². The number of carbonyl (C=O) groups is 2. The van der Waals surface area contributed by atoms with Crippen molar-refractivity contribution in [3.63, 3.8) is 0 Å². The molecule has 2 amide bonds.